The molecule has 3 saturated carbocycles. The van der Waals surface area contributed by atoms with Gasteiger partial charge in [0, 0.05) is 8.22 Å². The van der Waals surface area contributed by atoms with E-state index in [1.165, 1.54) is 36.8 Å². The van der Waals surface area contributed by atoms with E-state index in [0.29, 0.717) is 30.6 Å². The fourth-order valence-corrected chi connectivity index (χ4v) is 6.45. The van der Waals surface area contributed by atoms with Crippen molar-refractivity contribution in [2.75, 3.05) is 0 Å². The van der Waals surface area contributed by atoms with Crippen molar-refractivity contribution in [2.45, 2.75) is 104 Å². The van der Waals surface area contributed by atoms with Crippen LogP contribution in [0.2, 0.25) is 0 Å². The van der Waals surface area contributed by atoms with Crippen LogP contribution in [0.25, 0.3) is 0 Å². The molecule has 0 aromatic heterocycles. The van der Waals surface area contributed by atoms with E-state index < -0.39 is 19.6 Å². The van der Waals surface area contributed by atoms with Gasteiger partial charge in [-0.25, -0.2) is 0 Å². The summed E-state index contributed by atoms with van der Waals surface area (Å²) in [6.07, 6.45) is 14.4. The van der Waals surface area contributed by atoms with Gasteiger partial charge in [0.05, 0.1) is 6.10 Å². The zero-order valence-corrected chi connectivity index (χ0v) is 18.0. The lowest BCUT2D eigenvalue weighted by molar-refractivity contribution is 0.0929. The first-order valence-electron chi connectivity index (χ1n) is 14.5. The smallest absolute Gasteiger partial charge is 0.0583 e. The number of allylic oxidation sites excluding steroid dienone is 4. The molecule has 0 unspecified atom stereocenters. The number of aliphatic hydroxyl groups is 1. The van der Waals surface area contributed by atoms with Crippen LogP contribution < -0.4 is 0 Å². The van der Waals surface area contributed by atoms with E-state index in [4.69, 9.17) is 8.22 Å². The number of rotatable bonds is 6. The quantitative estimate of drug-likeness (QED) is 0.494. The van der Waals surface area contributed by atoms with Crippen molar-refractivity contribution in [3.8, 4) is 0 Å². The Labute approximate surface area is 182 Å². The molecule has 5 atom stereocenters. The minimum absolute atomic E-state index is 0.235. The Hall–Kier alpha value is -0.820. The summed E-state index contributed by atoms with van der Waals surface area (Å²) in [4.78, 5) is 0. The molecule has 1 nitrogen and oxygen atoms in total. The maximum atomic E-state index is 10.1. The van der Waals surface area contributed by atoms with E-state index >= 15 is 0 Å². The third kappa shape index (κ3) is 4.84. The molecule has 0 aliphatic heterocycles. The van der Waals surface area contributed by atoms with Crippen LogP contribution in [-0.4, -0.2) is 11.2 Å². The van der Waals surface area contributed by atoms with Gasteiger partial charge in [0.2, 0.25) is 0 Å². The summed E-state index contributed by atoms with van der Waals surface area (Å²) >= 11 is 0. The summed E-state index contributed by atoms with van der Waals surface area (Å²) in [6, 6.07) is 0. The molecule has 0 heterocycles. The molecule has 0 saturated heterocycles. The van der Waals surface area contributed by atoms with Gasteiger partial charge in [-0.2, -0.15) is 0 Å². The molecule has 0 spiro atoms. The highest BCUT2D eigenvalue weighted by molar-refractivity contribution is 5.36. The Balaban J connectivity index is 1.65. The molecule has 158 valence electrons. The molecule has 0 amide bonds. The average Bonchev–Trinajstić information content (AvgIpc) is 3.07. The van der Waals surface area contributed by atoms with Crippen LogP contribution in [0.5, 0.6) is 0 Å². The third-order valence-electron chi connectivity index (χ3n) is 8.06. The third-order valence-corrected chi connectivity index (χ3v) is 8.06. The first-order valence-corrected chi connectivity index (χ1v) is 11.5. The minimum Gasteiger partial charge on any atom is -0.393 e. The summed E-state index contributed by atoms with van der Waals surface area (Å²) in [5.74, 6) is 0.378. The number of aliphatic hydroxyl groups excluding tert-OH is 1. The normalized spacial score (nSPS) is 41.7. The fraction of sp³-hybridized carbons (Fsp3) is 0.778. The minimum atomic E-state index is -2.43. The van der Waals surface area contributed by atoms with Crippen LogP contribution in [0, 0.1) is 29.1 Å². The van der Waals surface area contributed by atoms with Crippen LogP contribution in [0.4, 0.5) is 0 Å². The summed E-state index contributed by atoms with van der Waals surface area (Å²) in [6.45, 7) is 4.06. The second-order valence-electron chi connectivity index (χ2n) is 9.99. The molecule has 1 N–H and O–H groups in total. The zero-order chi connectivity index (χ0) is 25.3. The van der Waals surface area contributed by atoms with Gasteiger partial charge in [-0.3, -0.25) is 0 Å². The molecule has 3 aliphatic rings. The number of hydrogen-bond acceptors (Lipinski definition) is 1. The van der Waals surface area contributed by atoms with Crippen molar-refractivity contribution in [1.29, 1.82) is 0 Å². The SMILES string of the molecule is [2H]C([2H])([2H])C(CCC[C@@H](C)[C@H]1CC[C@H]2/C(=C/C=C3/C[C@H](O)CCC3=C)CCC[C@]12C)C([2H])([2H])[2H]. The van der Waals surface area contributed by atoms with Crippen LogP contribution in [0.15, 0.2) is 35.5 Å². The second kappa shape index (κ2) is 9.33. The molecule has 1 heteroatoms. The van der Waals surface area contributed by atoms with Crippen LogP contribution in [0.3, 0.4) is 0 Å². The van der Waals surface area contributed by atoms with Crippen molar-refractivity contribution in [2.24, 2.45) is 29.1 Å². The molecule has 0 bridgehead atoms. The van der Waals surface area contributed by atoms with Gasteiger partial charge in [-0.05, 0) is 86.0 Å². The Morgan fingerprint density at radius 3 is 2.82 bits per heavy atom. The van der Waals surface area contributed by atoms with Gasteiger partial charge in [-0.15, -0.1) is 0 Å². The highest BCUT2D eigenvalue weighted by Crippen LogP contribution is 2.59. The van der Waals surface area contributed by atoms with Gasteiger partial charge >= 0.3 is 0 Å². The van der Waals surface area contributed by atoms with Gasteiger partial charge < -0.3 is 5.11 Å². The largest absolute Gasteiger partial charge is 0.393 e. The fourth-order valence-electron chi connectivity index (χ4n) is 6.45. The van der Waals surface area contributed by atoms with E-state index in [1.807, 2.05) is 0 Å². The highest BCUT2D eigenvalue weighted by atomic mass is 16.3. The van der Waals surface area contributed by atoms with Crippen molar-refractivity contribution in [3.63, 3.8) is 0 Å². The Bertz CT molecular complexity index is 778. The lowest BCUT2D eigenvalue weighted by Gasteiger charge is -2.44. The van der Waals surface area contributed by atoms with Crippen molar-refractivity contribution in [1.82, 2.24) is 0 Å². The predicted molar refractivity (Wildman–Crippen MR) is 121 cm³/mol. The molecule has 3 rings (SSSR count). The zero-order valence-electron chi connectivity index (χ0n) is 24.0. The van der Waals surface area contributed by atoms with Crippen molar-refractivity contribution in [3.05, 3.63) is 35.5 Å². The summed E-state index contributed by atoms with van der Waals surface area (Å²) in [5, 5.41) is 10.1. The first-order chi connectivity index (χ1) is 15.7. The lowest BCUT2D eigenvalue weighted by atomic mass is 9.60. The summed E-state index contributed by atoms with van der Waals surface area (Å²) < 4.78 is 45.9. The first kappa shape index (κ1) is 15.1. The van der Waals surface area contributed by atoms with Crippen molar-refractivity contribution >= 4 is 0 Å². The molecule has 3 aliphatic carbocycles. The molecule has 28 heavy (non-hydrogen) atoms. The number of hydrogen-bond donors (Lipinski definition) is 1. The molecule has 0 radical (unpaired) electrons. The van der Waals surface area contributed by atoms with Crippen LogP contribution in [0.1, 0.15) is 106 Å². The summed E-state index contributed by atoms with van der Waals surface area (Å²) in [7, 11) is 0. The van der Waals surface area contributed by atoms with Crippen LogP contribution >= 0.6 is 0 Å². The second-order valence-corrected chi connectivity index (χ2v) is 9.99. The van der Waals surface area contributed by atoms with Gasteiger partial charge in [0.15, 0.2) is 0 Å². The van der Waals surface area contributed by atoms with Gasteiger partial charge in [0.1, 0.15) is 0 Å². The standard InChI is InChI=1S/C27H44O/c1-19(2)8-6-9-21(4)25-15-16-26-22(10-7-17-27(25,26)5)12-13-23-18-24(28)14-11-20(23)3/h12-13,19,21,24-26,28H,3,6-11,14-18H2,1-2,4-5H3/b22-12+,23-13-/t21-,24-,25-,26+,27-/m1/s1/i1D3,2D3. The number of fused-ring (bicyclic) bond motifs is 1. The maximum absolute atomic E-state index is 10.1. The summed E-state index contributed by atoms with van der Waals surface area (Å²) in [5.41, 5.74) is 4.14. The Kier molecular flexibility index (Phi) is 5.02. The molecule has 3 fully saturated rings. The predicted octanol–water partition coefficient (Wildman–Crippen LogP) is 7.62. The average molecular weight is 391 g/mol. The van der Waals surface area contributed by atoms with Gasteiger partial charge in [-0.1, -0.05) is 76.7 Å². The van der Waals surface area contributed by atoms with Crippen molar-refractivity contribution < 1.29 is 13.3 Å². The lowest BCUT2D eigenvalue weighted by Crippen LogP contribution is -2.36. The van der Waals surface area contributed by atoms with E-state index in [-0.39, 0.29) is 17.9 Å². The molecule has 0 aromatic carbocycles. The van der Waals surface area contributed by atoms with Gasteiger partial charge in [0.25, 0.3) is 0 Å². The molecular formula is C27H44O. The monoisotopic (exact) mass is 390 g/mol. The Morgan fingerprint density at radius 1 is 1.21 bits per heavy atom. The van der Waals surface area contributed by atoms with E-state index in [0.717, 1.165) is 31.3 Å². The highest BCUT2D eigenvalue weighted by Gasteiger charge is 2.50. The van der Waals surface area contributed by atoms with Crippen LogP contribution in [-0.2, 0) is 0 Å². The van der Waals surface area contributed by atoms with E-state index in [2.05, 4.69) is 32.6 Å². The van der Waals surface area contributed by atoms with E-state index in [1.54, 1.807) is 0 Å². The van der Waals surface area contributed by atoms with E-state index in [9.17, 15) is 5.11 Å². The maximum Gasteiger partial charge on any atom is 0.0583 e. The topological polar surface area (TPSA) is 20.2 Å². The molecular weight excluding hydrogens is 340 g/mol. The Morgan fingerprint density at radius 2 is 2.04 bits per heavy atom. The molecule has 0 aromatic rings.